The van der Waals surface area contributed by atoms with Crippen LogP contribution in [0, 0.1) is 0 Å². The SMILES string of the molecule is CCCCCCCCCCCCCCCCCCCCCCC(O)C(CO)NC(=O)CCCCCCCCCCCCCCCCCCCCCCCCCCOC(=O)CCCCCCCCCCCCCCC. The van der Waals surface area contributed by atoms with Crippen LogP contribution in [-0.4, -0.2) is 47.4 Å². The lowest BCUT2D eigenvalue weighted by Crippen LogP contribution is -2.45. The second kappa shape index (κ2) is 64.4. The van der Waals surface area contributed by atoms with Gasteiger partial charge in [0.1, 0.15) is 0 Å². The first-order valence-electron chi connectivity index (χ1n) is 34.3. The second-order valence-corrected chi connectivity index (χ2v) is 23.9. The number of carbonyl (C=O) groups excluding carboxylic acids is 2. The van der Waals surface area contributed by atoms with Gasteiger partial charge >= 0.3 is 5.97 Å². The van der Waals surface area contributed by atoms with E-state index in [1.165, 1.54) is 327 Å². The molecule has 0 aliphatic carbocycles. The molecule has 442 valence electrons. The molecular weight excluding hydrogens is 911 g/mol. The fourth-order valence-electron chi connectivity index (χ4n) is 11.2. The Morgan fingerprint density at radius 2 is 0.554 bits per heavy atom. The monoisotopic (exact) mass is 1050 g/mol. The zero-order valence-corrected chi connectivity index (χ0v) is 50.6. The molecule has 0 rings (SSSR count). The Morgan fingerprint density at radius 1 is 0.324 bits per heavy atom. The molecule has 0 spiro atoms. The van der Waals surface area contributed by atoms with Crippen LogP contribution in [0.5, 0.6) is 0 Å². The molecule has 0 fully saturated rings. The van der Waals surface area contributed by atoms with Gasteiger partial charge < -0.3 is 20.3 Å². The molecular formula is C68H135NO5. The molecule has 0 aromatic carbocycles. The highest BCUT2D eigenvalue weighted by Crippen LogP contribution is 2.19. The number of hydrogen-bond donors (Lipinski definition) is 3. The average molecular weight is 1050 g/mol. The minimum absolute atomic E-state index is 0.0183. The highest BCUT2D eigenvalue weighted by atomic mass is 16.5. The molecule has 1 amide bonds. The van der Waals surface area contributed by atoms with Gasteiger partial charge in [-0.05, 0) is 25.7 Å². The van der Waals surface area contributed by atoms with Gasteiger partial charge in [-0.1, -0.05) is 361 Å². The van der Waals surface area contributed by atoms with Crippen LogP contribution in [0.4, 0.5) is 0 Å². The van der Waals surface area contributed by atoms with Gasteiger partial charge in [0.15, 0.2) is 0 Å². The van der Waals surface area contributed by atoms with Gasteiger partial charge in [0.2, 0.25) is 5.91 Å². The van der Waals surface area contributed by atoms with E-state index in [9.17, 15) is 19.8 Å². The molecule has 2 atom stereocenters. The Labute approximate surface area is 464 Å². The number of carbonyl (C=O) groups is 2. The molecule has 0 aromatic rings. The van der Waals surface area contributed by atoms with E-state index in [0.717, 1.165) is 38.5 Å². The Balaban J connectivity index is 3.36. The molecule has 6 nitrogen and oxygen atoms in total. The molecule has 0 bridgehead atoms. The molecule has 0 heterocycles. The summed E-state index contributed by atoms with van der Waals surface area (Å²) in [6.45, 7) is 5.00. The van der Waals surface area contributed by atoms with Crippen LogP contribution in [0.2, 0.25) is 0 Å². The predicted octanol–water partition coefficient (Wildman–Crippen LogP) is 21.8. The first-order chi connectivity index (χ1) is 36.5. The fourth-order valence-corrected chi connectivity index (χ4v) is 11.2. The summed E-state index contributed by atoms with van der Waals surface area (Å²) in [4.78, 5) is 24.6. The van der Waals surface area contributed by atoms with Crippen LogP contribution < -0.4 is 5.32 Å². The predicted molar refractivity (Wildman–Crippen MR) is 324 cm³/mol. The number of aliphatic hydroxyl groups is 2. The van der Waals surface area contributed by atoms with Gasteiger partial charge in [-0.25, -0.2) is 0 Å². The molecule has 3 N–H and O–H groups in total. The number of nitrogens with one attached hydrogen (secondary N) is 1. The van der Waals surface area contributed by atoms with Crippen LogP contribution >= 0.6 is 0 Å². The topological polar surface area (TPSA) is 95.9 Å². The molecule has 0 aromatic heterocycles. The Hall–Kier alpha value is -1.14. The van der Waals surface area contributed by atoms with Crippen molar-refractivity contribution >= 4 is 11.9 Å². The minimum Gasteiger partial charge on any atom is -0.466 e. The molecule has 0 aliphatic rings. The van der Waals surface area contributed by atoms with Crippen molar-refractivity contribution in [1.29, 1.82) is 0 Å². The number of ether oxygens (including phenoxy) is 1. The second-order valence-electron chi connectivity index (χ2n) is 23.9. The van der Waals surface area contributed by atoms with Gasteiger partial charge in [0.05, 0.1) is 25.4 Å². The summed E-state index contributed by atoms with van der Waals surface area (Å²) in [5.74, 6) is -0.0104. The van der Waals surface area contributed by atoms with Gasteiger partial charge in [-0.3, -0.25) is 9.59 Å². The lowest BCUT2D eigenvalue weighted by molar-refractivity contribution is -0.143. The maximum Gasteiger partial charge on any atom is 0.305 e. The van der Waals surface area contributed by atoms with E-state index >= 15 is 0 Å². The van der Waals surface area contributed by atoms with E-state index < -0.39 is 12.1 Å². The largest absolute Gasteiger partial charge is 0.466 e. The molecule has 0 saturated carbocycles. The maximum atomic E-state index is 12.5. The number of rotatable bonds is 65. The Morgan fingerprint density at radius 3 is 0.824 bits per heavy atom. The van der Waals surface area contributed by atoms with Gasteiger partial charge in [0, 0.05) is 12.8 Å². The van der Waals surface area contributed by atoms with Crippen molar-refractivity contribution in [1.82, 2.24) is 5.32 Å². The summed E-state index contributed by atoms with van der Waals surface area (Å²) in [6.07, 6.45) is 77.1. The summed E-state index contributed by atoms with van der Waals surface area (Å²) in [7, 11) is 0. The first kappa shape index (κ1) is 72.9. The number of esters is 1. The summed E-state index contributed by atoms with van der Waals surface area (Å²) in [5, 5.41) is 23.4. The Kier molecular flexibility index (Phi) is 63.4. The third kappa shape index (κ3) is 60.1. The van der Waals surface area contributed by atoms with Gasteiger partial charge in [-0.2, -0.15) is 0 Å². The van der Waals surface area contributed by atoms with Gasteiger partial charge in [0.25, 0.3) is 0 Å². The standard InChI is InChI=1S/C68H135NO5/c1-3-5-7-9-11-13-15-17-18-19-20-27-30-33-37-40-44-48-52-56-60-66(71)65(64-70)69-67(72)61-57-53-49-45-41-38-34-31-28-25-23-21-22-24-26-29-32-35-39-43-47-51-55-59-63-74-68(73)62-58-54-50-46-42-36-16-14-12-10-8-6-4-2/h65-66,70-71H,3-64H2,1-2H3,(H,69,72). The summed E-state index contributed by atoms with van der Waals surface area (Å²) in [5.41, 5.74) is 0. The van der Waals surface area contributed by atoms with Crippen molar-refractivity contribution in [3.8, 4) is 0 Å². The number of aliphatic hydroxyl groups excluding tert-OH is 2. The van der Waals surface area contributed by atoms with Crippen LogP contribution in [0.15, 0.2) is 0 Å². The molecule has 2 unspecified atom stereocenters. The zero-order valence-electron chi connectivity index (χ0n) is 50.6. The van der Waals surface area contributed by atoms with E-state index in [2.05, 4.69) is 19.2 Å². The average Bonchev–Trinajstić information content (AvgIpc) is 3.40. The van der Waals surface area contributed by atoms with Crippen molar-refractivity contribution in [3.63, 3.8) is 0 Å². The van der Waals surface area contributed by atoms with E-state index in [0.29, 0.717) is 25.9 Å². The number of unbranched alkanes of at least 4 members (excludes halogenated alkanes) is 54. The van der Waals surface area contributed by atoms with Crippen LogP contribution in [0.25, 0.3) is 0 Å². The fraction of sp³-hybridized carbons (Fsp3) is 0.971. The van der Waals surface area contributed by atoms with Crippen molar-refractivity contribution in [3.05, 3.63) is 0 Å². The minimum atomic E-state index is -0.663. The summed E-state index contributed by atoms with van der Waals surface area (Å²) in [6, 6.07) is -0.540. The lowest BCUT2D eigenvalue weighted by atomic mass is 10.0. The molecule has 0 aliphatic heterocycles. The van der Waals surface area contributed by atoms with Crippen molar-refractivity contribution in [2.24, 2.45) is 0 Å². The smallest absolute Gasteiger partial charge is 0.305 e. The van der Waals surface area contributed by atoms with E-state index in [-0.39, 0.29) is 18.5 Å². The van der Waals surface area contributed by atoms with Crippen molar-refractivity contribution in [2.75, 3.05) is 13.2 Å². The molecule has 74 heavy (non-hydrogen) atoms. The van der Waals surface area contributed by atoms with Crippen LogP contribution in [-0.2, 0) is 14.3 Å². The first-order valence-corrected chi connectivity index (χ1v) is 34.3. The molecule has 6 heteroatoms. The lowest BCUT2D eigenvalue weighted by Gasteiger charge is -2.22. The van der Waals surface area contributed by atoms with Crippen LogP contribution in [0.3, 0.4) is 0 Å². The summed E-state index contributed by atoms with van der Waals surface area (Å²) < 4.78 is 5.49. The highest BCUT2D eigenvalue weighted by molar-refractivity contribution is 5.76. The van der Waals surface area contributed by atoms with E-state index in [1.54, 1.807) is 0 Å². The highest BCUT2D eigenvalue weighted by Gasteiger charge is 2.20. The van der Waals surface area contributed by atoms with E-state index in [1.807, 2.05) is 0 Å². The Bertz CT molecular complexity index is 1070. The van der Waals surface area contributed by atoms with E-state index in [4.69, 9.17) is 4.74 Å². The number of amides is 1. The van der Waals surface area contributed by atoms with Gasteiger partial charge in [-0.15, -0.1) is 0 Å². The molecule has 0 radical (unpaired) electrons. The third-order valence-electron chi connectivity index (χ3n) is 16.4. The van der Waals surface area contributed by atoms with Crippen molar-refractivity contribution in [2.45, 2.75) is 411 Å². The number of hydrogen-bond acceptors (Lipinski definition) is 5. The third-order valence-corrected chi connectivity index (χ3v) is 16.4. The van der Waals surface area contributed by atoms with Crippen molar-refractivity contribution < 1.29 is 24.5 Å². The molecule has 0 saturated heterocycles. The summed E-state index contributed by atoms with van der Waals surface area (Å²) >= 11 is 0. The quantitative estimate of drug-likeness (QED) is 0.0417. The maximum absolute atomic E-state index is 12.5. The normalized spacial score (nSPS) is 12.4. The zero-order chi connectivity index (χ0) is 53.6. The van der Waals surface area contributed by atoms with Crippen LogP contribution in [0.1, 0.15) is 399 Å².